The van der Waals surface area contributed by atoms with Crippen LogP contribution in [0.5, 0.6) is 5.88 Å². The minimum atomic E-state index is -1.22. The van der Waals surface area contributed by atoms with Crippen LogP contribution in [0.15, 0.2) is 60.7 Å². The number of carbonyl (C=O) groups is 1. The third kappa shape index (κ3) is 3.58. The predicted molar refractivity (Wildman–Crippen MR) is 138 cm³/mol. The molecule has 0 aliphatic heterocycles. The number of rotatable bonds is 7. The molecule has 36 heavy (non-hydrogen) atoms. The van der Waals surface area contributed by atoms with E-state index in [2.05, 4.69) is 10.6 Å². The average Bonchev–Trinajstić information content (AvgIpc) is 3.57. The molecule has 7 heteroatoms. The van der Waals surface area contributed by atoms with E-state index in [-0.39, 0.29) is 0 Å². The van der Waals surface area contributed by atoms with Gasteiger partial charge in [-0.25, -0.2) is 9.97 Å². The summed E-state index contributed by atoms with van der Waals surface area (Å²) in [5.74, 6) is 1.17. The van der Waals surface area contributed by atoms with E-state index in [4.69, 9.17) is 14.7 Å². The molecule has 5 aromatic rings. The van der Waals surface area contributed by atoms with Gasteiger partial charge >= 0.3 is 0 Å². The molecule has 4 aromatic heterocycles. The van der Waals surface area contributed by atoms with Gasteiger partial charge in [-0.1, -0.05) is 30.3 Å². The van der Waals surface area contributed by atoms with Gasteiger partial charge in [-0.2, -0.15) is 0 Å². The molecule has 7 nitrogen and oxygen atoms in total. The van der Waals surface area contributed by atoms with Crippen molar-refractivity contribution in [3.63, 3.8) is 0 Å². The Labute approximate surface area is 209 Å². The zero-order chi connectivity index (χ0) is 25.0. The number of ether oxygens (including phenoxy) is 1. The number of aliphatic hydroxyl groups is 1. The molecular formula is C29H28N4O3. The SMILES string of the molecule is COc1cc(C=O)cc2nc(-c3cc4ccc(C(C)(O)c5ccccc5)nc4n3CC3CC3)c(C)n12. The highest BCUT2D eigenvalue weighted by molar-refractivity contribution is 5.85. The molecule has 6 rings (SSSR count). The van der Waals surface area contributed by atoms with Crippen molar-refractivity contribution in [1.82, 2.24) is 18.9 Å². The van der Waals surface area contributed by atoms with E-state index >= 15 is 0 Å². The number of aldehydes is 1. The molecule has 0 amide bonds. The van der Waals surface area contributed by atoms with Gasteiger partial charge < -0.3 is 14.4 Å². The molecule has 1 aliphatic rings. The summed E-state index contributed by atoms with van der Waals surface area (Å²) in [5.41, 5.74) is 4.92. The Hall–Kier alpha value is -3.97. The van der Waals surface area contributed by atoms with Crippen LogP contribution in [0.4, 0.5) is 0 Å². The van der Waals surface area contributed by atoms with Crippen molar-refractivity contribution in [2.45, 2.75) is 38.8 Å². The number of imidazole rings is 1. The van der Waals surface area contributed by atoms with E-state index in [1.807, 2.05) is 53.8 Å². The second-order valence-electron chi connectivity index (χ2n) is 9.82. The lowest BCUT2D eigenvalue weighted by atomic mass is 9.92. The van der Waals surface area contributed by atoms with Gasteiger partial charge in [0.25, 0.3) is 0 Å². The van der Waals surface area contributed by atoms with Crippen molar-refractivity contribution in [3.8, 4) is 17.3 Å². The number of hydrogen-bond donors (Lipinski definition) is 1. The van der Waals surface area contributed by atoms with Crippen LogP contribution in [0.1, 0.15) is 47.1 Å². The standard InChI is InChI=1S/C29H28N4O3/c1-18-27(31-25-13-20(17-34)14-26(36-3)33(18)25)23-15-21-11-12-24(29(2,35)22-7-5-4-6-8-22)30-28(21)32(23)16-19-9-10-19/h4-8,11-15,17,19,35H,9-10,16H2,1-3H3. The van der Waals surface area contributed by atoms with Gasteiger partial charge in [-0.05, 0) is 62.4 Å². The molecule has 0 bridgehead atoms. The minimum absolute atomic E-state index is 0.517. The Morgan fingerprint density at radius 1 is 1.11 bits per heavy atom. The summed E-state index contributed by atoms with van der Waals surface area (Å²) >= 11 is 0. The molecule has 1 aromatic carbocycles. The largest absolute Gasteiger partial charge is 0.482 e. The topological polar surface area (TPSA) is 81.7 Å². The molecule has 1 saturated carbocycles. The van der Waals surface area contributed by atoms with E-state index in [1.54, 1.807) is 26.2 Å². The zero-order valence-electron chi connectivity index (χ0n) is 20.6. The Kier molecular flexibility index (Phi) is 5.19. The maximum absolute atomic E-state index is 11.5. The minimum Gasteiger partial charge on any atom is -0.482 e. The fourth-order valence-corrected chi connectivity index (χ4v) is 5.01. The predicted octanol–water partition coefficient (Wildman–Crippen LogP) is 5.15. The van der Waals surface area contributed by atoms with Crippen LogP contribution < -0.4 is 4.74 Å². The summed E-state index contributed by atoms with van der Waals surface area (Å²) in [6, 6.07) is 19.2. The first-order valence-corrected chi connectivity index (χ1v) is 12.2. The van der Waals surface area contributed by atoms with Crippen LogP contribution in [0, 0.1) is 12.8 Å². The number of aromatic nitrogens is 4. The smallest absolute Gasteiger partial charge is 0.199 e. The fourth-order valence-electron chi connectivity index (χ4n) is 5.01. The van der Waals surface area contributed by atoms with Crippen LogP contribution in [-0.4, -0.2) is 37.4 Å². The molecule has 182 valence electrons. The van der Waals surface area contributed by atoms with Gasteiger partial charge in [0.2, 0.25) is 0 Å². The van der Waals surface area contributed by atoms with Crippen molar-refractivity contribution in [3.05, 3.63) is 83.2 Å². The summed E-state index contributed by atoms with van der Waals surface area (Å²) < 4.78 is 9.74. The molecular weight excluding hydrogens is 452 g/mol. The van der Waals surface area contributed by atoms with Gasteiger partial charge in [-0.15, -0.1) is 0 Å². The van der Waals surface area contributed by atoms with Gasteiger partial charge in [0.1, 0.15) is 28.9 Å². The second kappa shape index (κ2) is 8.31. The summed E-state index contributed by atoms with van der Waals surface area (Å²) in [6.07, 6.45) is 3.20. The number of nitrogens with zero attached hydrogens (tertiary/aromatic N) is 4. The Morgan fingerprint density at radius 2 is 1.89 bits per heavy atom. The molecule has 1 N–H and O–H groups in total. The number of carbonyl (C=O) groups excluding carboxylic acids is 1. The molecule has 1 unspecified atom stereocenters. The van der Waals surface area contributed by atoms with Crippen LogP contribution in [-0.2, 0) is 12.1 Å². The number of benzene rings is 1. The first-order chi connectivity index (χ1) is 17.4. The van der Waals surface area contributed by atoms with Crippen LogP contribution in [0.2, 0.25) is 0 Å². The van der Waals surface area contributed by atoms with Gasteiger partial charge in [0.15, 0.2) is 5.88 Å². The van der Waals surface area contributed by atoms with Gasteiger partial charge in [0, 0.05) is 23.6 Å². The summed E-state index contributed by atoms with van der Waals surface area (Å²) in [7, 11) is 1.59. The normalized spacial score (nSPS) is 15.3. The van der Waals surface area contributed by atoms with Crippen LogP contribution >= 0.6 is 0 Å². The molecule has 4 heterocycles. The van der Waals surface area contributed by atoms with Crippen molar-refractivity contribution in [1.29, 1.82) is 0 Å². The van der Waals surface area contributed by atoms with Crippen molar-refractivity contribution < 1.29 is 14.6 Å². The molecule has 0 saturated heterocycles. The summed E-state index contributed by atoms with van der Waals surface area (Å²) in [4.78, 5) is 21.4. The third-order valence-corrected chi connectivity index (χ3v) is 7.24. The monoisotopic (exact) mass is 480 g/mol. The first-order valence-electron chi connectivity index (χ1n) is 12.2. The van der Waals surface area contributed by atoms with Crippen LogP contribution in [0.25, 0.3) is 28.1 Å². The average molecular weight is 481 g/mol. The number of fused-ring (bicyclic) bond motifs is 2. The number of pyridine rings is 2. The third-order valence-electron chi connectivity index (χ3n) is 7.24. The summed E-state index contributed by atoms with van der Waals surface area (Å²) in [5, 5.41) is 12.4. The van der Waals surface area contributed by atoms with Crippen molar-refractivity contribution in [2.75, 3.05) is 7.11 Å². The Bertz CT molecular complexity index is 1610. The van der Waals surface area contributed by atoms with Crippen LogP contribution in [0.3, 0.4) is 0 Å². The maximum Gasteiger partial charge on any atom is 0.199 e. The second-order valence-corrected chi connectivity index (χ2v) is 9.82. The van der Waals surface area contributed by atoms with E-state index in [0.29, 0.717) is 28.7 Å². The zero-order valence-corrected chi connectivity index (χ0v) is 20.6. The lowest BCUT2D eigenvalue weighted by Gasteiger charge is -2.23. The highest BCUT2D eigenvalue weighted by atomic mass is 16.5. The highest BCUT2D eigenvalue weighted by Crippen LogP contribution is 2.38. The van der Waals surface area contributed by atoms with E-state index in [0.717, 1.165) is 46.5 Å². The fraction of sp³-hybridized carbons (Fsp3) is 0.276. The number of hydrogen-bond acceptors (Lipinski definition) is 5. The first kappa shape index (κ1) is 22.5. The van der Waals surface area contributed by atoms with E-state index in [9.17, 15) is 9.90 Å². The Morgan fingerprint density at radius 3 is 2.58 bits per heavy atom. The van der Waals surface area contributed by atoms with Crippen molar-refractivity contribution in [2.24, 2.45) is 5.92 Å². The number of methoxy groups -OCH3 is 1. The highest BCUT2D eigenvalue weighted by Gasteiger charge is 2.30. The Balaban J connectivity index is 1.55. The van der Waals surface area contributed by atoms with Gasteiger partial charge in [-0.3, -0.25) is 9.20 Å². The van der Waals surface area contributed by atoms with Gasteiger partial charge in [0.05, 0.1) is 24.2 Å². The molecule has 1 aliphatic carbocycles. The number of aryl methyl sites for hydroxylation is 1. The maximum atomic E-state index is 11.5. The molecule has 0 spiro atoms. The van der Waals surface area contributed by atoms with Crippen molar-refractivity contribution >= 4 is 23.0 Å². The van der Waals surface area contributed by atoms with E-state index in [1.165, 1.54) is 12.8 Å². The molecule has 0 radical (unpaired) electrons. The summed E-state index contributed by atoms with van der Waals surface area (Å²) in [6.45, 7) is 4.64. The lowest BCUT2D eigenvalue weighted by Crippen LogP contribution is -2.24. The quantitative estimate of drug-likeness (QED) is 0.326. The molecule has 1 fully saturated rings. The van der Waals surface area contributed by atoms with E-state index < -0.39 is 5.60 Å². The lowest BCUT2D eigenvalue weighted by molar-refractivity contribution is 0.0977. The molecule has 1 atom stereocenters.